The van der Waals surface area contributed by atoms with E-state index in [4.69, 9.17) is 10.8 Å². The van der Waals surface area contributed by atoms with Gasteiger partial charge in [0.1, 0.15) is 6.10 Å². The average molecular weight is 239 g/mol. The Bertz CT molecular complexity index is 405. The SMILES string of the molecule is CCc1ccc(N)c(C(O)C(O)CC(=O)O)c1. The Labute approximate surface area is 99.5 Å². The molecular weight excluding hydrogens is 222 g/mol. The fourth-order valence-corrected chi connectivity index (χ4v) is 1.60. The van der Waals surface area contributed by atoms with Crippen LogP contribution in [0, 0.1) is 0 Å². The van der Waals surface area contributed by atoms with Crippen molar-refractivity contribution >= 4 is 11.7 Å². The van der Waals surface area contributed by atoms with Crippen LogP contribution in [-0.4, -0.2) is 27.4 Å². The fraction of sp³-hybridized carbons (Fsp3) is 0.417. The highest BCUT2D eigenvalue weighted by atomic mass is 16.4. The van der Waals surface area contributed by atoms with E-state index in [0.717, 1.165) is 12.0 Å². The highest BCUT2D eigenvalue weighted by molar-refractivity contribution is 5.67. The Hall–Kier alpha value is -1.59. The van der Waals surface area contributed by atoms with Gasteiger partial charge in [-0.3, -0.25) is 4.79 Å². The molecule has 0 spiro atoms. The van der Waals surface area contributed by atoms with Crippen LogP contribution in [0.2, 0.25) is 0 Å². The van der Waals surface area contributed by atoms with Gasteiger partial charge in [0.25, 0.3) is 0 Å². The van der Waals surface area contributed by atoms with Gasteiger partial charge in [0.2, 0.25) is 0 Å². The first-order valence-corrected chi connectivity index (χ1v) is 5.42. The summed E-state index contributed by atoms with van der Waals surface area (Å²) >= 11 is 0. The number of aliphatic hydroxyl groups is 2. The summed E-state index contributed by atoms with van der Waals surface area (Å²) in [6, 6.07) is 5.16. The Morgan fingerprint density at radius 3 is 2.59 bits per heavy atom. The maximum absolute atomic E-state index is 10.5. The van der Waals surface area contributed by atoms with Crippen LogP contribution in [0.3, 0.4) is 0 Å². The Morgan fingerprint density at radius 2 is 2.06 bits per heavy atom. The van der Waals surface area contributed by atoms with Crippen LogP contribution in [0.4, 0.5) is 5.69 Å². The number of hydrogen-bond acceptors (Lipinski definition) is 4. The molecule has 0 bridgehead atoms. The lowest BCUT2D eigenvalue weighted by atomic mass is 9.98. The molecule has 17 heavy (non-hydrogen) atoms. The van der Waals surface area contributed by atoms with Gasteiger partial charge in [0.15, 0.2) is 0 Å². The minimum Gasteiger partial charge on any atom is -0.481 e. The van der Waals surface area contributed by atoms with Gasteiger partial charge < -0.3 is 21.1 Å². The summed E-state index contributed by atoms with van der Waals surface area (Å²) in [7, 11) is 0. The number of hydrogen-bond donors (Lipinski definition) is 4. The molecule has 0 aliphatic rings. The molecule has 1 aromatic carbocycles. The Balaban J connectivity index is 2.94. The van der Waals surface area contributed by atoms with Crippen molar-refractivity contribution in [1.82, 2.24) is 0 Å². The molecule has 0 heterocycles. The zero-order valence-corrected chi connectivity index (χ0v) is 9.63. The zero-order chi connectivity index (χ0) is 13.0. The molecule has 2 atom stereocenters. The van der Waals surface area contributed by atoms with Crippen molar-refractivity contribution in [3.8, 4) is 0 Å². The number of carboxylic acid groups (broad SMARTS) is 1. The van der Waals surface area contributed by atoms with Crippen molar-refractivity contribution in [2.24, 2.45) is 0 Å². The van der Waals surface area contributed by atoms with E-state index in [9.17, 15) is 15.0 Å². The summed E-state index contributed by atoms with van der Waals surface area (Å²) in [5.41, 5.74) is 7.38. The van der Waals surface area contributed by atoms with Crippen LogP contribution < -0.4 is 5.73 Å². The molecule has 5 N–H and O–H groups in total. The quantitative estimate of drug-likeness (QED) is 0.566. The first kappa shape index (κ1) is 13.5. The van der Waals surface area contributed by atoms with E-state index >= 15 is 0 Å². The number of nitrogens with two attached hydrogens (primary N) is 1. The number of carbonyl (C=O) groups is 1. The number of benzene rings is 1. The van der Waals surface area contributed by atoms with E-state index in [-0.39, 0.29) is 0 Å². The number of carboxylic acids is 1. The Kier molecular flexibility index (Phi) is 4.48. The van der Waals surface area contributed by atoms with Gasteiger partial charge in [-0.2, -0.15) is 0 Å². The van der Waals surface area contributed by atoms with E-state index < -0.39 is 24.6 Å². The second-order valence-electron chi connectivity index (χ2n) is 3.93. The fourth-order valence-electron chi connectivity index (χ4n) is 1.60. The van der Waals surface area contributed by atoms with Crippen molar-refractivity contribution in [1.29, 1.82) is 0 Å². The lowest BCUT2D eigenvalue weighted by Gasteiger charge is -2.19. The molecule has 94 valence electrons. The van der Waals surface area contributed by atoms with Crippen molar-refractivity contribution in [3.63, 3.8) is 0 Å². The largest absolute Gasteiger partial charge is 0.481 e. The van der Waals surface area contributed by atoms with Crippen molar-refractivity contribution in [3.05, 3.63) is 29.3 Å². The minimum atomic E-state index is -1.36. The van der Waals surface area contributed by atoms with E-state index in [0.29, 0.717) is 11.3 Å². The topological polar surface area (TPSA) is 104 Å². The van der Waals surface area contributed by atoms with E-state index in [2.05, 4.69) is 0 Å². The van der Waals surface area contributed by atoms with Crippen LogP contribution in [0.25, 0.3) is 0 Å². The van der Waals surface area contributed by atoms with Gasteiger partial charge in [0.05, 0.1) is 12.5 Å². The van der Waals surface area contributed by atoms with Crippen molar-refractivity contribution < 1.29 is 20.1 Å². The molecule has 0 fully saturated rings. The molecular formula is C12H17NO4. The number of aliphatic carboxylic acids is 1. The normalized spacial score (nSPS) is 14.3. The summed E-state index contributed by atoms with van der Waals surface area (Å²) in [5.74, 6) is -1.17. The first-order chi connectivity index (χ1) is 7.95. The highest BCUT2D eigenvalue weighted by Gasteiger charge is 2.23. The smallest absolute Gasteiger partial charge is 0.306 e. The third kappa shape index (κ3) is 3.44. The summed E-state index contributed by atoms with van der Waals surface area (Å²) in [6.45, 7) is 1.95. The molecule has 1 rings (SSSR count). The monoisotopic (exact) mass is 239 g/mol. The number of nitrogen functional groups attached to an aromatic ring is 1. The standard InChI is InChI=1S/C12H17NO4/c1-2-7-3-4-9(13)8(5-7)12(17)10(14)6-11(15)16/h3-5,10,12,14,17H,2,6,13H2,1H3,(H,15,16). The predicted molar refractivity (Wildman–Crippen MR) is 63.5 cm³/mol. The molecule has 0 aliphatic carbocycles. The molecule has 0 amide bonds. The van der Waals surface area contributed by atoms with Gasteiger partial charge in [-0.05, 0) is 18.1 Å². The summed E-state index contributed by atoms with van der Waals surface area (Å²) in [6.07, 6.45) is -2.38. The van der Waals surface area contributed by atoms with Crippen LogP contribution in [0.5, 0.6) is 0 Å². The van der Waals surface area contributed by atoms with Crippen LogP contribution in [0.1, 0.15) is 30.6 Å². The lowest BCUT2D eigenvalue weighted by Crippen LogP contribution is -2.22. The number of aryl methyl sites for hydroxylation is 1. The van der Waals surface area contributed by atoms with Gasteiger partial charge in [0, 0.05) is 11.3 Å². The first-order valence-electron chi connectivity index (χ1n) is 5.42. The summed E-state index contributed by atoms with van der Waals surface area (Å²) < 4.78 is 0. The number of anilines is 1. The maximum Gasteiger partial charge on any atom is 0.306 e. The summed E-state index contributed by atoms with van der Waals surface area (Å²) in [5, 5.41) is 27.9. The molecule has 5 heteroatoms. The molecule has 0 radical (unpaired) electrons. The Morgan fingerprint density at radius 1 is 1.41 bits per heavy atom. The van der Waals surface area contributed by atoms with Gasteiger partial charge in [-0.25, -0.2) is 0 Å². The summed E-state index contributed by atoms with van der Waals surface area (Å²) in [4.78, 5) is 10.5. The number of aliphatic hydroxyl groups excluding tert-OH is 2. The average Bonchev–Trinajstić information content (AvgIpc) is 2.28. The van der Waals surface area contributed by atoms with E-state index in [1.54, 1.807) is 12.1 Å². The highest BCUT2D eigenvalue weighted by Crippen LogP contribution is 2.26. The molecule has 1 aromatic rings. The molecule has 5 nitrogen and oxygen atoms in total. The van der Waals surface area contributed by atoms with E-state index in [1.807, 2.05) is 13.0 Å². The van der Waals surface area contributed by atoms with E-state index in [1.165, 1.54) is 0 Å². The van der Waals surface area contributed by atoms with Crippen LogP contribution in [0.15, 0.2) is 18.2 Å². The van der Waals surface area contributed by atoms with Gasteiger partial charge in [-0.1, -0.05) is 19.1 Å². The van der Waals surface area contributed by atoms with Gasteiger partial charge in [-0.15, -0.1) is 0 Å². The zero-order valence-electron chi connectivity index (χ0n) is 9.63. The molecule has 0 aromatic heterocycles. The molecule has 0 saturated carbocycles. The molecule has 0 aliphatic heterocycles. The third-order valence-electron chi connectivity index (χ3n) is 2.63. The van der Waals surface area contributed by atoms with Gasteiger partial charge >= 0.3 is 5.97 Å². The maximum atomic E-state index is 10.5. The van der Waals surface area contributed by atoms with Crippen LogP contribution >= 0.6 is 0 Å². The third-order valence-corrected chi connectivity index (χ3v) is 2.63. The second kappa shape index (κ2) is 5.65. The number of rotatable bonds is 5. The second-order valence-corrected chi connectivity index (χ2v) is 3.93. The molecule has 2 unspecified atom stereocenters. The van der Waals surface area contributed by atoms with Crippen molar-refractivity contribution in [2.75, 3.05) is 5.73 Å². The van der Waals surface area contributed by atoms with Crippen molar-refractivity contribution in [2.45, 2.75) is 32.0 Å². The minimum absolute atomic E-state index is 0.346. The lowest BCUT2D eigenvalue weighted by molar-refractivity contribution is -0.141. The molecule has 0 saturated heterocycles. The predicted octanol–water partition coefficient (Wildman–Crippen LogP) is 0.700. The van der Waals surface area contributed by atoms with Crippen LogP contribution in [-0.2, 0) is 11.2 Å².